The summed E-state index contributed by atoms with van der Waals surface area (Å²) in [6.45, 7) is 10.6. The van der Waals surface area contributed by atoms with Gasteiger partial charge in [0.1, 0.15) is 5.58 Å². The van der Waals surface area contributed by atoms with Gasteiger partial charge in [0.15, 0.2) is 0 Å². The van der Waals surface area contributed by atoms with Crippen molar-refractivity contribution < 1.29 is 28.6 Å². The van der Waals surface area contributed by atoms with Crippen molar-refractivity contribution >= 4 is 35.2 Å². The Bertz CT molecular complexity index is 2720. The van der Waals surface area contributed by atoms with Crippen LogP contribution in [0.2, 0.25) is 19.6 Å². The summed E-state index contributed by atoms with van der Waals surface area (Å²) < 4.78 is 32.6. The second-order valence-corrected chi connectivity index (χ2v) is 21.1. The number of fused-ring (bicyclic) bond motifs is 3. The van der Waals surface area contributed by atoms with Crippen LogP contribution in [0.1, 0.15) is 60.7 Å². The maximum atomic E-state index is 8.90. The third-order valence-electron chi connectivity index (χ3n) is 10.7. The molecule has 3 heterocycles. The third-order valence-corrected chi connectivity index (χ3v) is 12.7. The van der Waals surface area contributed by atoms with Crippen molar-refractivity contribution in [3.8, 4) is 44.8 Å². The number of aromatic nitrogens is 2. The van der Waals surface area contributed by atoms with E-state index in [9.17, 15) is 0 Å². The molecule has 289 valence electrons. The second kappa shape index (κ2) is 17.7. The summed E-state index contributed by atoms with van der Waals surface area (Å²) in [7, 11) is -1.68. The normalized spacial score (nSPS) is 14.3. The van der Waals surface area contributed by atoms with Crippen LogP contribution >= 0.6 is 0 Å². The van der Waals surface area contributed by atoms with Crippen LogP contribution in [-0.4, -0.2) is 18.0 Å². The Morgan fingerprint density at radius 3 is 2.16 bits per heavy atom. The van der Waals surface area contributed by atoms with Gasteiger partial charge in [-0.05, 0) is 80.6 Å². The number of hydrogen-bond acceptors (Lipinski definition) is 3. The minimum atomic E-state index is -1.68. The van der Waals surface area contributed by atoms with E-state index in [1.54, 1.807) is 6.20 Å². The number of pyridine rings is 2. The van der Waals surface area contributed by atoms with Gasteiger partial charge in [0.05, 0.1) is 13.7 Å². The number of hydrogen-bond donors (Lipinski definition) is 0. The van der Waals surface area contributed by atoms with Crippen molar-refractivity contribution in [1.29, 1.82) is 0 Å². The molecular formula is C52H50IrN2OSi-2. The molecule has 3 nitrogen and oxygen atoms in total. The van der Waals surface area contributed by atoms with Crippen molar-refractivity contribution in [1.82, 2.24) is 9.97 Å². The van der Waals surface area contributed by atoms with Crippen molar-refractivity contribution in [2.24, 2.45) is 5.92 Å². The molecule has 1 saturated carbocycles. The molecular weight excluding hydrogens is 889 g/mol. The molecule has 0 unspecified atom stereocenters. The fraction of sp³-hybridized carbons (Fsp3) is 0.231. The summed E-state index contributed by atoms with van der Waals surface area (Å²) in [5.41, 5.74) is 11.3. The molecule has 5 heteroatoms. The molecule has 0 bridgehead atoms. The second-order valence-electron chi connectivity index (χ2n) is 16.0. The summed E-state index contributed by atoms with van der Waals surface area (Å²) in [4.78, 5) is 9.20. The van der Waals surface area contributed by atoms with Crippen LogP contribution in [0.25, 0.3) is 66.7 Å². The van der Waals surface area contributed by atoms with Crippen LogP contribution < -0.4 is 5.19 Å². The predicted molar refractivity (Wildman–Crippen MR) is 238 cm³/mol. The van der Waals surface area contributed by atoms with E-state index in [0.29, 0.717) is 5.58 Å². The first kappa shape index (κ1) is 36.4. The SMILES string of the molecule is [2H]C(C)(C)c1ccnc(-c2[c-]c3oc4cc(-c5ccccc5)cc(-c5ccccc5)c4c3cc2)c1.[2H]C([2H])(c1cc(-c2[c-]cccc2)ncc1[Si](C)(C)C)C1CCCC1.[Ir]. The minimum absolute atomic E-state index is 0. The van der Waals surface area contributed by atoms with Crippen molar-refractivity contribution in [2.75, 3.05) is 0 Å². The molecule has 0 amide bonds. The molecule has 0 spiro atoms. The van der Waals surface area contributed by atoms with E-state index >= 15 is 0 Å². The summed E-state index contributed by atoms with van der Waals surface area (Å²) >= 11 is 0. The Morgan fingerprint density at radius 1 is 0.772 bits per heavy atom. The Hall–Kier alpha value is -4.93. The minimum Gasteiger partial charge on any atom is -0.476 e. The molecule has 0 aliphatic heterocycles. The molecule has 1 radical (unpaired) electrons. The van der Waals surface area contributed by atoms with Crippen LogP contribution in [0, 0.1) is 18.1 Å². The average molecular weight is 942 g/mol. The Kier molecular flexibility index (Phi) is 11.3. The van der Waals surface area contributed by atoms with Gasteiger partial charge in [-0.2, -0.15) is 0 Å². The van der Waals surface area contributed by atoms with Crippen LogP contribution in [0.5, 0.6) is 0 Å². The zero-order valence-corrected chi connectivity index (χ0v) is 36.7. The fourth-order valence-electron chi connectivity index (χ4n) is 7.68. The number of nitrogens with zero attached hydrogens (tertiary/aromatic N) is 2. The van der Waals surface area contributed by atoms with Crippen LogP contribution in [0.3, 0.4) is 0 Å². The summed E-state index contributed by atoms with van der Waals surface area (Å²) in [6.07, 6.45) is 6.70. The standard InChI is InChI=1S/C32H24NO.C20H26NSi.Ir/c1-21(2)24-15-16-33-29(18-24)25-13-14-27-30(19-25)34-31-20-26(22-9-5-3-6-10-22)17-28(32(27)31)23-11-7-4-8-12-23;1-22(2,3)20-15-21-19(17-11-5-4-6-12-17)14-18(20)13-16-9-7-8-10-16;/h3-18,20-21H,1-2H3;4-6,11,14-16H,7-10,13H2,1-3H3;/q2*-1;/i21D;13D2;. The van der Waals surface area contributed by atoms with E-state index in [4.69, 9.17) is 8.53 Å². The smallest absolute Gasteiger partial charge is 0.124 e. The summed E-state index contributed by atoms with van der Waals surface area (Å²) in [5.74, 6) is -0.567. The Labute approximate surface area is 357 Å². The zero-order chi connectivity index (χ0) is 41.4. The van der Waals surface area contributed by atoms with Crippen molar-refractivity contribution in [3.05, 3.63) is 163 Å². The van der Waals surface area contributed by atoms with Crippen molar-refractivity contribution in [3.63, 3.8) is 0 Å². The van der Waals surface area contributed by atoms with Crippen LogP contribution in [0.4, 0.5) is 0 Å². The molecule has 1 aliphatic carbocycles. The molecule has 8 aromatic rings. The zero-order valence-electron chi connectivity index (χ0n) is 36.3. The topological polar surface area (TPSA) is 38.9 Å². The molecule has 5 aromatic carbocycles. The van der Waals surface area contributed by atoms with E-state index in [-0.39, 0.29) is 26.0 Å². The number of furan rings is 1. The van der Waals surface area contributed by atoms with Gasteiger partial charge in [-0.3, -0.25) is 0 Å². The fourth-order valence-corrected chi connectivity index (χ4v) is 9.08. The van der Waals surface area contributed by atoms with Crippen LogP contribution in [0.15, 0.2) is 144 Å². The Morgan fingerprint density at radius 2 is 1.47 bits per heavy atom. The number of benzene rings is 5. The van der Waals surface area contributed by atoms with E-state index in [0.717, 1.165) is 103 Å². The van der Waals surface area contributed by atoms with Gasteiger partial charge < -0.3 is 14.4 Å². The molecule has 3 aromatic heterocycles. The first-order chi connectivity index (χ1) is 28.3. The molecule has 1 aliphatic rings. The molecule has 57 heavy (non-hydrogen) atoms. The van der Waals surface area contributed by atoms with Gasteiger partial charge in [-0.1, -0.05) is 155 Å². The molecule has 9 rings (SSSR count). The third kappa shape index (κ3) is 9.13. The van der Waals surface area contributed by atoms with E-state index in [1.807, 2.05) is 80.7 Å². The van der Waals surface area contributed by atoms with Crippen LogP contribution in [-0.2, 0) is 26.5 Å². The maximum absolute atomic E-state index is 8.90. The van der Waals surface area contributed by atoms with Gasteiger partial charge in [-0.15, -0.1) is 53.6 Å². The first-order valence-corrected chi connectivity index (χ1v) is 23.3. The number of rotatable bonds is 8. The molecule has 0 saturated heterocycles. The van der Waals surface area contributed by atoms with E-state index in [2.05, 4.69) is 108 Å². The van der Waals surface area contributed by atoms with E-state index in [1.165, 1.54) is 0 Å². The quantitative estimate of drug-likeness (QED) is 0.113. The van der Waals surface area contributed by atoms with E-state index < -0.39 is 20.3 Å². The van der Waals surface area contributed by atoms with Crippen molar-refractivity contribution in [2.45, 2.75) is 71.4 Å². The van der Waals surface area contributed by atoms with Gasteiger partial charge in [0.25, 0.3) is 0 Å². The maximum Gasteiger partial charge on any atom is 0.124 e. The largest absolute Gasteiger partial charge is 0.476 e. The van der Waals surface area contributed by atoms with Gasteiger partial charge in [0, 0.05) is 36.6 Å². The first-order valence-electron chi connectivity index (χ1n) is 21.3. The monoisotopic (exact) mass is 942 g/mol. The van der Waals surface area contributed by atoms with Gasteiger partial charge in [0.2, 0.25) is 0 Å². The predicted octanol–water partition coefficient (Wildman–Crippen LogP) is 13.7. The molecule has 1 fully saturated rings. The Balaban J connectivity index is 0.000000192. The summed E-state index contributed by atoms with van der Waals surface area (Å²) in [5, 5.41) is 3.26. The van der Waals surface area contributed by atoms with Gasteiger partial charge in [-0.25, -0.2) is 0 Å². The van der Waals surface area contributed by atoms with Gasteiger partial charge >= 0.3 is 0 Å². The summed E-state index contributed by atoms with van der Waals surface area (Å²) in [6, 6.07) is 49.7. The molecule has 0 N–H and O–H groups in total. The molecule has 0 atom stereocenters. The average Bonchev–Trinajstić information content (AvgIpc) is 3.93.